The van der Waals surface area contributed by atoms with Gasteiger partial charge in [0.05, 0.1) is 5.56 Å². The number of carbonyl (C=O) groups excluding carboxylic acids is 1. The van der Waals surface area contributed by atoms with Gasteiger partial charge >= 0.3 is 6.03 Å². The maximum Gasteiger partial charge on any atom is 0.317 e. The Bertz CT molecular complexity index is 868. The second kappa shape index (κ2) is 8.59. The zero-order chi connectivity index (χ0) is 19.3. The molecule has 146 valence electrons. The topological polar surface area (TPSA) is 75.5 Å². The predicted octanol–water partition coefficient (Wildman–Crippen LogP) is 1.90. The van der Waals surface area contributed by atoms with E-state index in [-0.39, 0.29) is 6.03 Å². The molecule has 0 aromatic carbocycles. The summed E-state index contributed by atoms with van der Waals surface area (Å²) in [6.07, 6.45) is 2.82. The van der Waals surface area contributed by atoms with Crippen LogP contribution in [-0.2, 0) is 13.0 Å². The first-order valence-electron chi connectivity index (χ1n) is 9.65. The summed E-state index contributed by atoms with van der Waals surface area (Å²) in [7, 11) is 0. The molecule has 0 atom stereocenters. The molecule has 1 saturated heterocycles. The Hall–Kier alpha value is -2.63. The molecular weight excluding hydrogens is 372 g/mol. The first-order valence-corrected chi connectivity index (χ1v) is 10.5. The van der Waals surface area contributed by atoms with E-state index in [1.807, 2.05) is 16.2 Å². The van der Waals surface area contributed by atoms with E-state index in [9.17, 15) is 10.1 Å². The van der Waals surface area contributed by atoms with Crippen LogP contribution in [0.2, 0.25) is 0 Å². The Balaban J connectivity index is 1.21. The zero-order valence-corrected chi connectivity index (χ0v) is 16.6. The molecule has 8 heteroatoms. The molecule has 7 nitrogen and oxygen atoms in total. The number of amides is 2. The third-order valence-electron chi connectivity index (χ3n) is 5.36. The molecule has 0 radical (unpaired) electrons. The first kappa shape index (κ1) is 18.7. The minimum Gasteiger partial charge on any atom is -0.352 e. The summed E-state index contributed by atoms with van der Waals surface area (Å²) in [6.45, 7) is 6.23. The normalized spacial score (nSPS) is 17.1. The zero-order valence-electron chi connectivity index (χ0n) is 15.8. The second-order valence-electron chi connectivity index (χ2n) is 7.09. The highest BCUT2D eigenvalue weighted by molar-refractivity contribution is 7.10. The van der Waals surface area contributed by atoms with E-state index in [2.05, 4.69) is 37.6 Å². The van der Waals surface area contributed by atoms with Crippen LogP contribution >= 0.6 is 11.3 Å². The van der Waals surface area contributed by atoms with Crippen LogP contribution in [0.15, 0.2) is 29.8 Å². The monoisotopic (exact) mass is 396 g/mol. The van der Waals surface area contributed by atoms with Crippen molar-refractivity contribution < 1.29 is 4.79 Å². The number of hydrogen-bond acceptors (Lipinski definition) is 6. The minimum absolute atomic E-state index is 0.00518. The van der Waals surface area contributed by atoms with Gasteiger partial charge in [-0.1, -0.05) is 0 Å². The summed E-state index contributed by atoms with van der Waals surface area (Å²) in [5.41, 5.74) is 2.01. The molecule has 4 heterocycles. The van der Waals surface area contributed by atoms with Crippen molar-refractivity contribution in [1.82, 2.24) is 20.1 Å². The fraction of sp³-hybridized carbons (Fsp3) is 0.450. The molecule has 4 rings (SSSR count). The van der Waals surface area contributed by atoms with E-state index < -0.39 is 0 Å². The number of urea groups is 1. The van der Waals surface area contributed by atoms with E-state index in [4.69, 9.17) is 0 Å². The summed E-state index contributed by atoms with van der Waals surface area (Å²) in [6, 6.07) is 7.95. The number of piperazine rings is 1. The molecule has 2 amide bonds. The first-order chi connectivity index (χ1) is 13.7. The van der Waals surface area contributed by atoms with Gasteiger partial charge in [-0.05, 0) is 35.6 Å². The van der Waals surface area contributed by atoms with Crippen molar-refractivity contribution in [2.45, 2.75) is 13.0 Å². The van der Waals surface area contributed by atoms with Gasteiger partial charge in [-0.15, -0.1) is 11.3 Å². The molecule has 0 spiro atoms. The highest BCUT2D eigenvalue weighted by atomic mass is 32.1. The van der Waals surface area contributed by atoms with Gasteiger partial charge in [0.1, 0.15) is 11.9 Å². The molecule has 2 aromatic rings. The lowest BCUT2D eigenvalue weighted by Crippen LogP contribution is -2.53. The SMILES string of the molecule is N#Cc1cccnc1N1CCN(C(=O)NCCN2CCc3sccc3C2)CC1. The molecular formula is C20H24N6OS. The molecule has 2 aromatic heterocycles. The van der Waals surface area contributed by atoms with Gasteiger partial charge in [-0.2, -0.15) is 5.26 Å². The van der Waals surface area contributed by atoms with Crippen LogP contribution in [0, 0.1) is 11.3 Å². The van der Waals surface area contributed by atoms with Gasteiger partial charge in [-0.3, -0.25) is 4.90 Å². The highest BCUT2D eigenvalue weighted by Gasteiger charge is 2.23. The maximum atomic E-state index is 12.5. The Morgan fingerprint density at radius 1 is 1.25 bits per heavy atom. The summed E-state index contributed by atoms with van der Waals surface area (Å²) < 4.78 is 0. The Morgan fingerprint density at radius 2 is 2.11 bits per heavy atom. The molecule has 2 aliphatic heterocycles. The lowest BCUT2D eigenvalue weighted by Gasteiger charge is -2.35. The Morgan fingerprint density at radius 3 is 2.93 bits per heavy atom. The molecule has 0 unspecified atom stereocenters. The number of anilines is 1. The smallest absolute Gasteiger partial charge is 0.317 e. The summed E-state index contributed by atoms with van der Waals surface area (Å²) in [4.78, 5) is 24.6. The lowest BCUT2D eigenvalue weighted by atomic mass is 10.1. The summed E-state index contributed by atoms with van der Waals surface area (Å²) in [5.74, 6) is 0.711. The summed E-state index contributed by atoms with van der Waals surface area (Å²) in [5, 5.41) is 14.5. The van der Waals surface area contributed by atoms with Crippen LogP contribution in [0.1, 0.15) is 16.0 Å². The molecule has 1 N–H and O–H groups in total. The fourth-order valence-electron chi connectivity index (χ4n) is 3.79. The number of nitrogens with zero attached hydrogens (tertiary/aromatic N) is 5. The lowest BCUT2D eigenvalue weighted by molar-refractivity contribution is 0.190. The standard InChI is InChI=1S/C20H24N6OS/c21-14-16-2-1-5-22-19(16)25-9-11-26(12-10-25)20(27)23-6-8-24-7-3-18-17(15-24)4-13-28-18/h1-2,4-5,13H,3,6-12,15H2,(H,23,27). The average molecular weight is 397 g/mol. The number of hydrogen-bond donors (Lipinski definition) is 1. The van der Waals surface area contributed by atoms with Crippen molar-refractivity contribution in [1.29, 1.82) is 5.26 Å². The number of carbonyl (C=O) groups is 1. The molecule has 2 aliphatic rings. The highest BCUT2D eigenvalue weighted by Crippen LogP contribution is 2.23. The van der Waals surface area contributed by atoms with Gasteiger partial charge in [0.15, 0.2) is 0 Å². The molecule has 1 fully saturated rings. The van der Waals surface area contributed by atoms with Crippen LogP contribution < -0.4 is 10.2 Å². The van der Waals surface area contributed by atoms with E-state index in [0.717, 1.165) is 26.1 Å². The quantitative estimate of drug-likeness (QED) is 0.854. The van der Waals surface area contributed by atoms with Crippen molar-refractivity contribution in [2.24, 2.45) is 0 Å². The number of pyridine rings is 1. The van der Waals surface area contributed by atoms with Gasteiger partial charge in [-0.25, -0.2) is 9.78 Å². The molecule has 0 saturated carbocycles. The second-order valence-corrected chi connectivity index (χ2v) is 8.09. The van der Waals surface area contributed by atoms with Crippen LogP contribution in [0.25, 0.3) is 0 Å². The number of nitrogens with one attached hydrogen (secondary N) is 1. The maximum absolute atomic E-state index is 12.5. The van der Waals surface area contributed by atoms with E-state index in [1.165, 1.54) is 10.4 Å². The van der Waals surface area contributed by atoms with Crippen molar-refractivity contribution in [3.63, 3.8) is 0 Å². The third kappa shape index (κ3) is 4.11. The van der Waals surface area contributed by atoms with E-state index >= 15 is 0 Å². The van der Waals surface area contributed by atoms with Gasteiger partial charge in [0.25, 0.3) is 0 Å². The molecule has 0 aliphatic carbocycles. The molecule has 0 bridgehead atoms. The number of aromatic nitrogens is 1. The van der Waals surface area contributed by atoms with Crippen molar-refractivity contribution >= 4 is 23.2 Å². The van der Waals surface area contributed by atoms with E-state index in [1.54, 1.807) is 18.3 Å². The number of fused-ring (bicyclic) bond motifs is 1. The van der Waals surface area contributed by atoms with Gasteiger partial charge in [0, 0.05) is 63.4 Å². The number of nitriles is 1. The minimum atomic E-state index is -0.00518. The third-order valence-corrected chi connectivity index (χ3v) is 6.39. The van der Waals surface area contributed by atoms with Crippen LogP contribution in [-0.4, -0.2) is 66.6 Å². The average Bonchev–Trinajstić information content (AvgIpc) is 3.21. The van der Waals surface area contributed by atoms with Crippen molar-refractivity contribution in [2.75, 3.05) is 50.7 Å². The van der Waals surface area contributed by atoms with Crippen LogP contribution in [0.3, 0.4) is 0 Å². The van der Waals surface area contributed by atoms with E-state index in [0.29, 0.717) is 44.1 Å². The van der Waals surface area contributed by atoms with Gasteiger partial charge < -0.3 is 15.1 Å². The summed E-state index contributed by atoms with van der Waals surface area (Å²) >= 11 is 1.85. The predicted molar refractivity (Wildman–Crippen MR) is 109 cm³/mol. The molecule has 28 heavy (non-hydrogen) atoms. The van der Waals surface area contributed by atoms with Crippen molar-refractivity contribution in [3.05, 3.63) is 45.8 Å². The van der Waals surface area contributed by atoms with Crippen molar-refractivity contribution in [3.8, 4) is 6.07 Å². The Kier molecular flexibility index (Phi) is 5.74. The Labute approximate surface area is 169 Å². The largest absolute Gasteiger partial charge is 0.352 e. The van der Waals surface area contributed by atoms with Gasteiger partial charge in [0.2, 0.25) is 0 Å². The number of thiophene rings is 1. The fourth-order valence-corrected chi connectivity index (χ4v) is 4.68. The van der Waals surface area contributed by atoms with Crippen LogP contribution in [0.4, 0.5) is 10.6 Å². The van der Waals surface area contributed by atoms with Crippen LogP contribution in [0.5, 0.6) is 0 Å². The number of rotatable bonds is 4.